The second-order valence-electron chi connectivity index (χ2n) is 5.10. The summed E-state index contributed by atoms with van der Waals surface area (Å²) in [7, 11) is 0. The number of nitrogens with one attached hydrogen (secondary N) is 2. The molecule has 0 atom stereocenters. The summed E-state index contributed by atoms with van der Waals surface area (Å²) in [5.41, 5.74) is -1.60. The lowest BCUT2D eigenvalue weighted by atomic mass is 9.98. The zero-order valence-corrected chi connectivity index (χ0v) is 11.3. The lowest BCUT2D eigenvalue weighted by Gasteiger charge is -2.22. The van der Waals surface area contributed by atoms with Gasteiger partial charge in [-0.15, -0.1) is 0 Å². The minimum Gasteiger partial charge on any atom is -0.352 e. The summed E-state index contributed by atoms with van der Waals surface area (Å²) in [5.74, 6) is -1.67. The monoisotopic (exact) mass is 304 g/mol. The van der Waals surface area contributed by atoms with Crippen LogP contribution in [0.1, 0.15) is 28.8 Å². The molecule has 21 heavy (non-hydrogen) atoms. The van der Waals surface area contributed by atoms with Crippen LogP contribution in [-0.2, 0) is 6.18 Å². The summed E-state index contributed by atoms with van der Waals surface area (Å²) in [6.07, 6.45) is -2.98. The van der Waals surface area contributed by atoms with Crippen LogP contribution in [0, 0.1) is 11.7 Å². The maximum absolute atomic E-state index is 13.1. The van der Waals surface area contributed by atoms with Crippen molar-refractivity contribution in [3.05, 3.63) is 35.1 Å². The number of amides is 1. The summed E-state index contributed by atoms with van der Waals surface area (Å²) in [6, 6.07) is 2.28. The second kappa shape index (κ2) is 6.43. The number of hydrogen-bond acceptors (Lipinski definition) is 2. The lowest BCUT2D eigenvalue weighted by molar-refractivity contribution is -0.140. The molecule has 0 saturated carbocycles. The van der Waals surface area contributed by atoms with Crippen LogP contribution in [0.5, 0.6) is 0 Å². The quantitative estimate of drug-likeness (QED) is 0.843. The van der Waals surface area contributed by atoms with Gasteiger partial charge in [-0.1, -0.05) is 0 Å². The van der Waals surface area contributed by atoms with Crippen LogP contribution in [0.25, 0.3) is 0 Å². The van der Waals surface area contributed by atoms with Gasteiger partial charge in [-0.3, -0.25) is 4.79 Å². The highest BCUT2D eigenvalue weighted by molar-refractivity contribution is 5.94. The van der Waals surface area contributed by atoms with Crippen molar-refractivity contribution in [1.29, 1.82) is 0 Å². The lowest BCUT2D eigenvalue weighted by Crippen LogP contribution is -2.36. The Labute approximate surface area is 119 Å². The summed E-state index contributed by atoms with van der Waals surface area (Å²) < 4.78 is 50.9. The van der Waals surface area contributed by atoms with Gasteiger partial charge in [0.05, 0.1) is 5.56 Å². The number of hydrogen-bond donors (Lipinski definition) is 2. The zero-order chi connectivity index (χ0) is 15.5. The molecule has 0 unspecified atom stereocenters. The molecule has 1 aromatic carbocycles. The molecule has 1 aromatic rings. The molecule has 0 aliphatic carbocycles. The summed E-state index contributed by atoms with van der Waals surface area (Å²) >= 11 is 0. The van der Waals surface area contributed by atoms with E-state index < -0.39 is 23.5 Å². The summed E-state index contributed by atoms with van der Waals surface area (Å²) in [6.45, 7) is 2.16. The molecule has 1 heterocycles. The number of piperidine rings is 1. The van der Waals surface area contributed by atoms with E-state index >= 15 is 0 Å². The molecule has 116 valence electrons. The minimum absolute atomic E-state index is 0.183. The predicted octanol–water partition coefficient (Wildman–Crippen LogP) is 2.57. The van der Waals surface area contributed by atoms with Crippen LogP contribution >= 0.6 is 0 Å². The van der Waals surface area contributed by atoms with E-state index in [1.54, 1.807) is 0 Å². The molecule has 1 saturated heterocycles. The number of carbonyl (C=O) groups excluding carboxylic acids is 1. The Hall–Kier alpha value is -1.63. The molecule has 2 rings (SSSR count). The predicted molar refractivity (Wildman–Crippen MR) is 69.3 cm³/mol. The van der Waals surface area contributed by atoms with Crippen molar-refractivity contribution in [2.45, 2.75) is 19.0 Å². The van der Waals surface area contributed by atoms with Gasteiger partial charge in [0.1, 0.15) is 5.82 Å². The minimum atomic E-state index is -4.81. The van der Waals surface area contributed by atoms with E-state index in [2.05, 4.69) is 10.6 Å². The molecule has 0 bridgehead atoms. The standard InChI is InChI=1S/C14H16F4N2O/c15-12-2-1-10(7-11(12)14(16,17)18)13(21)20-8-9-3-5-19-6-4-9/h1-2,7,9,19H,3-6,8H2,(H,20,21). The first kappa shape index (κ1) is 15.8. The maximum Gasteiger partial charge on any atom is 0.419 e. The van der Waals surface area contributed by atoms with Crippen molar-refractivity contribution in [2.75, 3.05) is 19.6 Å². The van der Waals surface area contributed by atoms with Crippen LogP contribution in [-0.4, -0.2) is 25.5 Å². The van der Waals surface area contributed by atoms with Crippen molar-refractivity contribution >= 4 is 5.91 Å². The molecule has 3 nitrogen and oxygen atoms in total. The third-order valence-electron chi connectivity index (χ3n) is 3.54. The highest BCUT2D eigenvalue weighted by Gasteiger charge is 2.34. The molecule has 1 aliphatic rings. The number of rotatable bonds is 3. The van der Waals surface area contributed by atoms with E-state index in [4.69, 9.17) is 0 Å². The van der Waals surface area contributed by atoms with Gasteiger partial charge in [-0.2, -0.15) is 13.2 Å². The van der Waals surface area contributed by atoms with Gasteiger partial charge in [0.2, 0.25) is 0 Å². The number of halogens is 4. The van der Waals surface area contributed by atoms with Crippen LogP contribution in [0.4, 0.5) is 17.6 Å². The fraction of sp³-hybridized carbons (Fsp3) is 0.500. The maximum atomic E-state index is 13.1. The molecule has 1 amide bonds. The number of alkyl halides is 3. The topological polar surface area (TPSA) is 41.1 Å². The normalized spacial score (nSPS) is 16.8. The van der Waals surface area contributed by atoms with E-state index in [1.807, 2.05) is 0 Å². The Balaban J connectivity index is 2.02. The molecule has 2 N–H and O–H groups in total. The Morgan fingerprint density at radius 1 is 1.29 bits per heavy atom. The number of carbonyl (C=O) groups is 1. The SMILES string of the molecule is O=C(NCC1CCNCC1)c1ccc(F)c(C(F)(F)F)c1. The highest BCUT2D eigenvalue weighted by Crippen LogP contribution is 2.31. The van der Waals surface area contributed by atoms with E-state index in [1.165, 1.54) is 0 Å². The summed E-state index contributed by atoms with van der Waals surface area (Å²) in [5, 5.41) is 5.80. The van der Waals surface area contributed by atoms with Gasteiger partial charge in [0, 0.05) is 12.1 Å². The molecule has 1 fully saturated rings. The molecule has 0 radical (unpaired) electrons. The van der Waals surface area contributed by atoms with Crippen molar-refractivity contribution in [3.8, 4) is 0 Å². The van der Waals surface area contributed by atoms with Gasteiger partial charge < -0.3 is 10.6 Å². The Kier molecular flexibility index (Phi) is 4.82. The average molecular weight is 304 g/mol. The third kappa shape index (κ3) is 4.17. The molecular formula is C14H16F4N2O. The van der Waals surface area contributed by atoms with E-state index in [9.17, 15) is 22.4 Å². The van der Waals surface area contributed by atoms with Crippen molar-refractivity contribution in [2.24, 2.45) is 5.92 Å². The van der Waals surface area contributed by atoms with Gasteiger partial charge in [0.15, 0.2) is 0 Å². The summed E-state index contributed by atoms with van der Waals surface area (Å²) in [4.78, 5) is 11.9. The van der Waals surface area contributed by atoms with E-state index in [-0.39, 0.29) is 5.56 Å². The van der Waals surface area contributed by atoms with E-state index in [0.717, 1.165) is 32.0 Å². The molecule has 7 heteroatoms. The van der Waals surface area contributed by atoms with Crippen molar-refractivity contribution < 1.29 is 22.4 Å². The first-order valence-electron chi connectivity index (χ1n) is 6.73. The van der Waals surface area contributed by atoms with Crippen LogP contribution in [0.3, 0.4) is 0 Å². The Morgan fingerprint density at radius 3 is 2.57 bits per heavy atom. The van der Waals surface area contributed by atoms with E-state index in [0.29, 0.717) is 24.6 Å². The molecule has 0 aromatic heterocycles. The van der Waals surface area contributed by atoms with Crippen molar-refractivity contribution in [1.82, 2.24) is 10.6 Å². The Morgan fingerprint density at radius 2 is 1.95 bits per heavy atom. The van der Waals surface area contributed by atoms with Gasteiger partial charge in [-0.05, 0) is 50.0 Å². The largest absolute Gasteiger partial charge is 0.419 e. The molecule has 0 spiro atoms. The van der Waals surface area contributed by atoms with Crippen LogP contribution in [0.2, 0.25) is 0 Å². The van der Waals surface area contributed by atoms with Crippen LogP contribution < -0.4 is 10.6 Å². The smallest absolute Gasteiger partial charge is 0.352 e. The van der Waals surface area contributed by atoms with Gasteiger partial charge in [0.25, 0.3) is 5.91 Å². The zero-order valence-electron chi connectivity index (χ0n) is 11.3. The Bertz CT molecular complexity index is 510. The van der Waals surface area contributed by atoms with Crippen molar-refractivity contribution in [3.63, 3.8) is 0 Å². The molecular weight excluding hydrogens is 288 g/mol. The van der Waals surface area contributed by atoms with Gasteiger partial charge >= 0.3 is 6.18 Å². The van der Waals surface area contributed by atoms with Gasteiger partial charge in [-0.25, -0.2) is 4.39 Å². The van der Waals surface area contributed by atoms with Crippen LogP contribution in [0.15, 0.2) is 18.2 Å². The second-order valence-corrected chi connectivity index (χ2v) is 5.10. The first-order chi connectivity index (χ1) is 9.88. The fourth-order valence-electron chi connectivity index (χ4n) is 2.31. The fourth-order valence-corrected chi connectivity index (χ4v) is 2.31. The average Bonchev–Trinajstić information content (AvgIpc) is 2.45. The molecule has 1 aliphatic heterocycles. The third-order valence-corrected chi connectivity index (χ3v) is 3.54. The first-order valence-corrected chi connectivity index (χ1v) is 6.73. The highest BCUT2D eigenvalue weighted by atomic mass is 19.4. The number of benzene rings is 1.